The van der Waals surface area contributed by atoms with Gasteiger partial charge in [0.25, 0.3) is 0 Å². The molecule has 20 heavy (non-hydrogen) atoms. The van der Waals surface area contributed by atoms with Crippen LogP contribution >= 0.6 is 15.9 Å². The van der Waals surface area contributed by atoms with Gasteiger partial charge in [0.15, 0.2) is 0 Å². The van der Waals surface area contributed by atoms with Crippen molar-refractivity contribution in [2.45, 2.75) is 31.2 Å². The van der Waals surface area contributed by atoms with E-state index in [9.17, 15) is 18.4 Å². The zero-order valence-electron chi connectivity index (χ0n) is 11.6. The van der Waals surface area contributed by atoms with E-state index in [4.69, 9.17) is 4.74 Å². The van der Waals surface area contributed by atoms with Crippen molar-refractivity contribution in [3.63, 3.8) is 0 Å². The van der Waals surface area contributed by atoms with Crippen molar-refractivity contribution >= 4 is 27.9 Å². The maximum Gasteiger partial charge on any atom is 0.410 e. The molecule has 2 amide bonds. The molecule has 0 aromatic rings. The lowest BCUT2D eigenvalue weighted by Gasteiger charge is -2.35. The lowest BCUT2D eigenvalue weighted by atomic mass is 10.2. The summed E-state index contributed by atoms with van der Waals surface area (Å²) in [6, 6.07) is 0. The maximum atomic E-state index is 12.7. The van der Waals surface area contributed by atoms with Crippen LogP contribution in [0.5, 0.6) is 0 Å². The monoisotopic (exact) mass is 357 g/mol. The highest BCUT2D eigenvalue weighted by atomic mass is 79.9. The molecule has 9 heteroatoms. The number of amides is 2. The zero-order valence-corrected chi connectivity index (χ0v) is 13.2. The molecule has 0 atom stereocenters. The fourth-order valence-electron chi connectivity index (χ4n) is 1.53. The fraction of sp³-hybridized carbons (Fsp3) is 0.818. The first kappa shape index (κ1) is 17.1. The van der Waals surface area contributed by atoms with Crippen molar-refractivity contribution in [1.82, 2.24) is 15.3 Å². The van der Waals surface area contributed by atoms with Crippen molar-refractivity contribution < 1.29 is 23.1 Å². The Labute approximate surface area is 124 Å². The Kier molecular flexibility index (Phi) is 5.31. The smallest absolute Gasteiger partial charge is 0.410 e. The van der Waals surface area contributed by atoms with Crippen LogP contribution in [0.4, 0.5) is 13.6 Å². The number of carbonyl (C=O) groups excluding carboxylic acids is 2. The van der Waals surface area contributed by atoms with Gasteiger partial charge in [0.05, 0.1) is 0 Å². The predicted molar refractivity (Wildman–Crippen MR) is 71.4 cm³/mol. The van der Waals surface area contributed by atoms with E-state index in [0.29, 0.717) is 13.1 Å². The van der Waals surface area contributed by atoms with Gasteiger partial charge in [-0.3, -0.25) is 10.2 Å². The van der Waals surface area contributed by atoms with E-state index in [-0.39, 0.29) is 13.1 Å². The largest absolute Gasteiger partial charge is 0.444 e. The van der Waals surface area contributed by atoms with E-state index in [0.717, 1.165) is 0 Å². The molecular weight excluding hydrogens is 340 g/mol. The van der Waals surface area contributed by atoms with Gasteiger partial charge in [0.2, 0.25) is 0 Å². The Bertz CT molecular complexity index is 374. The Morgan fingerprint density at radius 2 is 1.65 bits per heavy atom. The number of halogens is 3. The Hall–Kier alpha value is -0.960. The van der Waals surface area contributed by atoms with E-state index in [2.05, 4.69) is 5.43 Å². The van der Waals surface area contributed by atoms with Gasteiger partial charge in [-0.1, -0.05) is 0 Å². The van der Waals surface area contributed by atoms with Gasteiger partial charge in [-0.15, -0.1) is 0 Å². The van der Waals surface area contributed by atoms with Crippen LogP contribution in [-0.2, 0) is 9.53 Å². The first-order valence-corrected chi connectivity index (χ1v) is 6.89. The lowest BCUT2D eigenvalue weighted by Crippen LogP contribution is -2.57. The summed E-state index contributed by atoms with van der Waals surface area (Å²) < 4.78 is 30.5. The molecule has 6 nitrogen and oxygen atoms in total. The second kappa shape index (κ2) is 6.21. The van der Waals surface area contributed by atoms with E-state index < -0.39 is 22.4 Å². The Balaban J connectivity index is 2.41. The highest BCUT2D eigenvalue weighted by molar-refractivity contribution is 9.10. The van der Waals surface area contributed by atoms with Gasteiger partial charge < -0.3 is 9.64 Å². The summed E-state index contributed by atoms with van der Waals surface area (Å²) in [5, 5.41) is 1.35. The van der Waals surface area contributed by atoms with Crippen molar-refractivity contribution in [2.75, 3.05) is 26.2 Å². The molecule has 1 fully saturated rings. The van der Waals surface area contributed by atoms with Gasteiger partial charge >= 0.3 is 16.8 Å². The molecular formula is C11H18BrF2N3O3. The topological polar surface area (TPSA) is 61.9 Å². The van der Waals surface area contributed by atoms with E-state index >= 15 is 0 Å². The summed E-state index contributed by atoms with van der Waals surface area (Å²) in [5.74, 6) is -1.43. The Morgan fingerprint density at radius 1 is 1.15 bits per heavy atom. The van der Waals surface area contributed by atoms with Crippen LogP contribution in [0.25, 0.3) is 0 Å². The fourth-order valence-corrected chi connectivity index (χ4v) is 1.62. The molecule has 0 bridgehead atoms. The quantitative estimate of drug-likeness (QED) is 0.761. The molecule has 0 spiro atoms. The van der Waals surface area contributed by atoms with Crippen LogP contribution in [-0.4, -0.2) is 58.5 Å². The summed E-state index contributed by atoms with van der Waals surface area (Å²) in [6.45, 7) is 6.40. The van der Waals surface area contributed by atoms with Gasteiger partial charge in [-0.25, -0.2) is 9.80 Å². The highest BCUT2D eigenvalue weighted by Gasteiger charge is 2.37. The summed E-state index contributed by atoms with van der Waals surface area (Å²) in [5.41, 5.74) is 1.50. The molecule has 1 aliphatic heterocycles. The van der Waals surface area contributed by atoms with Crippen molar-refractivity contribution in [3.8, 4) is 0 Å². The predicted octanol–water partition coefficient (Wildman–Crippen LogP) is 1.56. The average molecular weight is 358 g/mol. The number of rotatable bonds is 2. The highest BCUT2D eigenvalue weighted by Crippen LogP contribution is 2.21. The van der Waals surface area contributed by atoms with Crippen LogP contribution in [0.3, 0.4) is 0 Å². The molecule has 0 saturated carbocycles. The molecule has 0 unspecified atom stereocenters. The van der Waals surface area contributed by atoms with Gasteiger partial charge in [-0.05, 0) is 20.8 Å². The van der Waals surface area contributed by atoms with E-state index in [1.54, 1.807) is 20.8 Å². The number of carbonyl (C=O) groups is 2. The number of piperazine rings is 1. The number of ether oxygens (including phenoxy) is 1. The second-order valence-corrected chi connectivity index (χ2v) is 6.39. The van der Waals surface area contributed by atoms with Crippen molar-refractivity contribution in [3.05, 3.63) is 0 Å². The summed E-state index contributed by atoms with van der Waals surface area (Å²) in [7, 11) is 0. The zero-order chi connectivity index (χ0) is 15.6. The molecule has 1 saturated heterocycles. The van der Waals surface area contributed by atoms with Crippen LogP contribution in [0, 0.1) is 0 Å². The molecule has 1 rings (SSSR count). The Morgan fingerprint density at radius 3 is 2.05 bits per heavy atom. The minimum absolute atomic E-state index is 0.258. The standard InChI is InChI=1S/C11H18BrF2N3O3/c1-10(2,3)20-9(19)16-4-6-17(7-5-16)15-8(18)11(12,13)14/h4-7H2,1-3H3,(H,15,18). The summed E-state index contributed by atoms with van der Waals surface area (Å²) in [6.07, 6.45) is -0.450. The first-order chi connectivity index (χ1) is 8.99. The second-order valence-electron chi connectivity index (χ2n) is 5.39. The number of alkyl halides is 3. The number of nitrogens with zero attached hydrogens (tertiary/aromatic N) is 2. The van der Waals surface area contributed by atoms with Gasteiger partial charge in [-0.2, -0.15) is 8.78 Å². The third kappa shape index (κ3) is 5.58. The molecule has 0 radical (unpaired) electrons. The summed E-state index contributed by atoms with van der Waals surface area (Å²) >= 11 is 1.98. The van der Waals surface area contributed by atoms with Crippen LogP contribution < -0.4 is 5.43 Å². The molecule has 0 aliphatic carbocycles. The molecule has 0 aromatic heterocycles. The maximum absolute atomic E-state index is 12.7. The van der Waals surface area contributed by atoms with Crippen molar-refractivity contribution in [2.24, 2.45) is 0 Å². The average Bonchev–Trinajstić information content (AvgIpc) is 2.26. The van der Waals surface area contributed by atoms with Crippen LogP contribution in [0.2, 0.25) is 0 Å². The van der Waals surface area contributed by atoms with Crippen LogP contribution in [0.15, 0.2) is 0 Å². The van der Waals surface area contributed by atoms with E-state index in [1.807, 2.05) is 15.9 Å². The molecule has 1 N–H and O–H groups in total. The molecule has 116 valence electrons. The van der Waals surface area contributed by atoms with Crippen molar-refractivity contribution in [1.29, 1.82) is 0 Å². The summed E-state index contributed by atoms with van der Waals surface area (Å²) in [4.78, 5) is 20.7. The van der Waals surface area contributed by atoms with Crippen LogP contribution in [0.1, 0.15) is 20.8 Å². The lowest BCUT2D eigenvalue weighted by molar-refractivity contribution is -0.140. The number of hydrogen-bond donors (Lipinski definition) is 1. The third-order valence-corrected chi connectivity index (χ3v) is 2.81. The van der Waals surface area contributed by atoms with Gasteiger partial charge in [0, 0.05) is 42.1 Å². The normalized spacial score (nSPS) is 17.8. The first-order valence-electron chi connectivity index (χ1n) is 6.10. The van der Waals surface area contributed by atoms with Gasteiger partial charge in [0.1, 0.15) is 5.60 Å². The van der Waals surface area contributed by atoms with E-state index in [1.165, 1.54) is 9.91 Å². The SMILES string of the molecule is CC(C)(C)OC(=O)N1CCN(NC(=O)C(F)(F)Br)CC1. The molecule has 1 heterocycles. The third-order valence-electron chi connectivity index (χ3n) is 2.45. The molecule has 0 aromatic carbocycles. The number of nitrogens with one attached hydrogen (secondary N) is 1. The number of hydrogen-bond acceptors (Lipinski definition) is 4. The molecule has 1 aliphatic rings. The minimum atomic E-state index is -3.60. The number of hydrazine groups is 1. The minimum Gasteiger partial charge on any atom is -0.444 e.